The fraction of sp³-hybridized carbons (Fsp3) is 0.286. The second kappa shape index (κ2) is 3.44. The monoisotopic (exact) mass is 295 g/mol. The average Bonchev–Trinajstić information content (AvgIpc) is 2.04. The van der Waals surface area contributed by atoms with Crippen LogP contribution in [0.1, 0.15) is 6.42 Å². The van der Waals surface area contributed by atoms with Crippen molar-refractivity contribution < 1.29 is 14.8 Å². The Bertz CT molecular complexity index is 322. The van der Waals surface area contributed by atoms with Gasteiger partial charge in [-0.3, -0.25) is 14.9 Å². The lowest BCUT2D eigenvalue weighted by atomic mass is 10.00. The number of hydrogen-bond acceptors (Lipinski definition) is 3. The molecule has 0 saturated heterocycles. The number of carbonyl (C=O) groups is 1. The van der Waals surface area contributed by atoms with E-state index in [1.807, 2.05) is 0 Å². The molecule has 0 bridgehead atoms. The molecule has 0 aliphatic heterocycles. The van der Waals surface area contributed by atoms with Gasteiger partial charge in [0.15, 0.2) is 0 Å². The molecule has 13 heavy (non-hydrogen) atoms. The number of alkyl halides is 1. The standard InChI is InChI=1S/C7H6INO4/c8-7(6(10)11)3-1-5(2-4-7)9(12)13/h1-3H,4H2,(H,10,11). The fourth-order valence-corrected chi connectivity index (χ4v) is 1.30. The quantitative estimate of drug-likeness (QED) is 0.361. The van der Waals surface area contributed by atoms with Crippen LogP contribution in [0.25, 0.3) is 0 Å². The van der Waals surface area contributed by atoms with Crippen molar-refractivity contribution in [1.82, 2.24) is 0 Å². The molecule has 70 valence electrons. The molecule has 0 aromatic heterocycles. The summed E-state index contributed by atoms with van der Waals surface area (Å²) < 4.78 is -1.03. The van der Waals surface area contributed by atoms with Gasteiger partial charge in [-0.05, 0) is 6.08 Å². The van der Waals surface area contributed by atoms with Crippen LogP contribution in [0.2, 0.25) is 0 Å². The van der Waals surface area contributed by atoms with E-state index < -0.39 is 14.3 Å². The van der Waals surface area contributed by atoms with Gasteiger partial charge in [0.05, 0.1) is 4.92 Å². The first-order valence-electron chi connectivity index (χ1n) is 3.42. The van der Waals surface area contributed by atoms with Gasteiger partial charge in [-0.2, -0.15) is 0 Å². The summed E-state index contributed by atoms with van der Waals surface area (Å²) in [5.41, 5.74) is -0.0476. The molecule has 1 aliphatic carbocycles. The van der Waals surface area contributed by atoms with Gasteiger partial charge >= 0.3 is 5.97 Å². The molecule has 1 atom stereocenters. The van der Waals surface area contributed by atoms with Gasteiger partial charge in [0.1, 0.15) is 3.42 Å². The van der Waals surface area contributed by atoms with Gasteiger partial charge in [0, 0.05) is 12.5 Å². The van der Waals surface area contributed by atoms with Crippen molar-refractivity contribution in [2.45, 2.75) is 9.84 Å². The molecule has 0 fully saturated rings. The maximum absolute atomic E-state index is 10.7. The molecule has 5 nitrogen and oxygen atoms in total. The van der Waals surface area contributed by atoms with Crippen LogP contribution in [0.4, 0.5) is 0 Å². The third kappa shape index (κ3) is 2.06. The molecule has 0 spiro atoms. The Labute approximate surface area is 87.4 Å². The average molecular weight is 295 g/mol. The molecule has 0 radical (unpaired) electrons. The zero-order chi connectivity index (χ0) is 10.1. The highest BCUT2D eigenvalue weighted by Gasteiger charge is 2.35. The number of carboxylic acid groups (broad SMARTS) is 1. The summed E-state index contributed by atoms with van der Waals surface area (Å²) in [5, 5.41) is 19.0. The minimum absolute atomic E-state index is 0.0476. The van der Waals surface area contributed by atoms with Crippen LogP contribution in [0.15, 0.2) is 23.9 Å². The second-order valence-electron chi connectivity index (χ2n) is 2.59. The highest BCUT2D eigenvalue weighted by molar-refractivity contribution is 14.1. The van der Waals surface area contributed by atoms with Gasteiger partial charge in [-0.15, -0.1) is 0 Å². The Morgan fingerprint density at radius 3 is 2.69 bits per heavy atom. The molecule has 1 unspecified atom stereocenters. The summed E-state index contributed by atoms with van der Waals surface area (Å²) in [6.45, 7) is 0. The van der Waals surface area contributed by atoms with Gasteiger partial charge in [-0.25, -0.2) is 0 Å². The largest absolute Gasteiger partial charge is 0.480 e. The smallest absolute Gasteiger partial charge is 0.323 e. The second-order valence-corrected chi connectivity index (χ2v) is 4.52. The first-order valence-corrected chi connectivity index (χ1v) is 4.50. The van der Waals surface area contributed by atoms with Crippen LogP contribution >= 0.6 is 22.6 Å². The van der Waals surface area contributed by atoms with Crippen molar-refractivity contribution in [1.29, 1.82) is 0 Å². The molecule has 0 amide bonds. The van der Waals surface area contributed by atoms with Crippen LogP contribution in [-0.2, 0) is 4.79 Å². The summed E-state index contributed by atoms with van der Waals surface area (Å²) in [6, 6.07) is 0. The summed E-state index contributed by atoms with van der Waals surface area (Å²) >= 11 is 1.76. The number of nitrogens with zero attached hydrogens (tertiary/aromatic N) is 1. The maximum Gasteiger partial charge on any atom is 0.323 e. The van der Waals surface area contributed by atoms with Crippen molar-refractivity contribution >= 4 is 28.6 Å². The van der Waals surface area contributed by atoms with E-state index in [-0.39, 0.29) is 12.1 Å². The Morgan fingerprint density at radius 1 is 1.77 bits per heavy atom. The lowest BCUT2D eigenvalue weighted by molar-refractivity contribution is -0.419. The number of hydrogen-bond donors (Lipinski definition) is 1. The van der Waals surface area contributed by atoms with Crippen molar-refractivity contribution in [3.63, 3.8) is 0 Å². The lowest BCUT2D eigenvalue weighted by Gasteiger charge is -2.18. The van der Waals surface area contributed by atoms with Gasteiger partial charge in [0.25, 0.3) is 5.70 Å². The van der Waals surface area contributed by atoms with Crippen LogP contribution in [0.5, 0.6) is 0 Å². The summed E-state index contributed by atoms with van der Waals surface area (Å²) in [7, 11) is 0. The zero-order valence-electron chi connectivity index (χ0n) is 6.44. The highest BCUT2D eigenvalue weighted by Crippen LogP contribution is 2.30. The Kier molecular flexibility index (Phi) is 2.69. The molecule has 1 N–H and O–H groups in total. The van der Waals surface area contributed by atoms with Crippen molar-refractivity contribution in [3.8, 4) is 0 Å². The highest BCUT2D eigenvalue weighted by atomic mass is 127. The number of allylic oxidation sites excluding steroid dienone is 2. The number of nitro groups is 1. The number of rotatable bonds is 2. The van der Waals surface area contributed by atoms with E-state index >= 15 is 0 Å². The SMILES string of the molecule is O=C(O)C1(I)C=CC([N+](=O)[O-])=CC1. The minimum Gasteiger partial charge on any atom is -0.480 e. The summed E-state index contributed by atoms with van der Waals surface area (Å²) in [4.78, 5) is 20.4. The molecule has 0 heterocycles. The van der Waals surface area contributed by atoms with Crippen LogP contribution in [0, 0.1) is 10.1 Å². The third-order valence-electron chi connectivity index (χ3n) is 1.69. The third-order valence-corrected chi connectivity index (χ3v) is 2.95. The Hall–Kier alpha value is -0.920. The van der Waals surface area contributed by atoms with E-state index in [0.29, 0.717) is 0 Å². The van der Waals surface area contributed by atoms with Gasteiger partial charge < -0.3 is 5.11 Å². The fourth-order valence-electron chi connectivity index (χ4n) is 0.901. The van der Waals surface area contributed by atoms with Crippen LogP contribution in [0.3, 0.4) is 0 Å². The van der Waals surface area contributed by atoms with Crippen molar-refractivity contribution in [2.24, 2.45) is 0 Å². The number of halogens is 1. The predicted octanol–water partition coefficient (Wildman–Crippen LogP) is 1.37. The van der Waals surface area contributed by atoms with E-state index in [2.05, 4.69) is 0 Å². The molecule has 0 saturated carbocycles. The van der Waals surface area contributed by atoms with Crippen LogP contribution in [-0.4, -0.2) is 19.4 Å². The topological polar surface area (TPSA) is 80.4 Å². The Morgan fingerprint density at radius 2 is 2.38 bits per heavy atom. The molecule has 1 rings (SSSR count). The van der Waals surface area contributed by atoms with E-state index in [4.69, 9.17) is 5.11 Å². The predicted molar refractivity (Wildman–Crippen MR) is 53.2 cm³/mol. The molecular formula is C7H6INO4. The maximum atomic E-state index is 10.7. The number of aliphatic carboxylic acids is 1. The van der Waals surface area contributed by atoms with E-state index in [0.717, 1.165) is 0 Å². The molecule has 1 aliphatic rings. The Balaban J connectivity index is 2.85. The molecule has 0 aromatic carbocycles. The zero-order valence-corrected chi connectivity index (χ0v) is 8.59. The molecule has 6 heteroatoms. The van der Waals surface area contributed by atoms with Gasteiger partial charge in [0.2, 0.25) is 0 Å². The first-order chi connectivity index (χ1) is 5.96. The van der Waals surface area contributed by atoms with E-state index in [1.54, 1.807) is 22.6 Å². The van der Waals surface area contributed by atoms with E-state index in [9.17, 15) is 14.9 Å². The summed E-state index contributed by atoms with van der Waals surface area (Å²) in [5.74, 6) is -0.983. The van der Waals surface area contributed by atoms with Crippen molar-refractivity contribution in [3.05, 3.63) is 34.0 Å². The minimum atomic E-state index is -1.03. The summed E-state index contributed by atoms with van der Waals surface area (Å²) in [6.07, 6.45) is 4.04. The van der Waals surface area contributed by atoms with Gasteiger partial charge in [-0.1, -0.05) is 28.7 Å². The van der Waals surface area contributed by atoms with E-state index in [1.165, 1.54) is 18.2 Å². The molecule has 0 aromatic rings. The lowest BCUT2D eigenvalue weighted by Crippen LogP contribution is -2.30. The first kappa shape index (κ1) is 10.2. The van der Waals surface area contributed by atoms with Crippen molar-refractivity contribution in [2.75, 3.05) is 0 Å². The normalized spacial score (nSPS) is 26.7. The van der Waals surface area contributed by atoms with Crippen LogP contribution < -0.4 is 0 Å². The molecular weight excluding hydrogens is 289 g/mol. The number of carboxylic acids is 1.